The van der Waals surface area contributed by atoms with Crippen LogP contribution in [0, 0.1) is 11.3 Å². The minimum absolute atomic E-state index is 0.0569. The predicted molar refractivity (Wildman–Crippen MR) is 79.9 cm³/mol. The van der Waals surface area contributed by atoms with Crippen molar-refractivity contribution in [3.8, 4) is 11.8 Å². The van der Waals surface area contributed by atoms with Crippen molar-refractivity contribution < 1.29 is 9.53 Å². The molecule has 21 heavy (non-hydrogen) atoms. The normalized spacial score (nSPS) is 18.8. The number of carbonyl (C=O) groups excluding carboxylic acids is 1. The zero-order valence-corrected chi connectivity index (χ0v) is 12.3. The predicted octanol–water partition coefficient (Wildman–Crippen LogP) is 1.54. The van der Waals surface area contributed by atoms with E-state index >= 15 is 0 Å². The molecule has 0 spiro atoms. The molecule has 1 aromatic rings. The van der Waals surface area contributed by atoms with Gasteiger partial charge in [0.25, 0.3) is 0 Å². The molecule has 5 nitrogen and oxygen atoms in total. The fraction of sp³-hybridized carbons (Fsp3) is 0.500. The minimum Gasteiger partial charge on any atom is -0.491 e. The van der Waals surface area contributed by atoms with E-state index in [4.69, 9.17) is 10.00 Å². The smallest absolute Gasteiger partial charge is 0.237 e. The van der Waals surface area contributed by atoms with Gasteiger partial charge in [-0.25, -0.2) is 0 Å². The molecule has 0 radical (unpaired) electrons. The van der Waals surface area contributed by atoms with Crippen LogP contribution >= 0.6 is 0 Å². The van der Waals surface area contributed by atoms with Crippen molar-refractivity contribution in [2.24, 2.45) is 0 Å². The second-order valence-electron chi connectivity index (χ2n) is 5.12. The maximum atomic E-state index is 11.9. The monoisotopic (exact) mass is 287 g/mol. The number of ether oxygens (including phenoxy) is 1. The van der Waals surface area contributed by atoms with Crippen LogP contribution in [0.15, 0.2) is 24.3 Å². The molecule has 1 amide bonds. The summed E-state index contributed by atoms with van der Waals surface area (Å²) < 4.78 is 5.70. The van der Waals surface area contributed by atoms with Crippen LogP contribution in [-0.4, -0.2) is 43.6 Å². The molecule has 1 heterocycles. The molecule has 0 saturated carbocycles. The fourth-order valence-corrected chi connectivity index (χ4v) is 2.68. The third kappa shape index (κ3) is 3.96. The summed E-state index contributed by atoms with van der Waals surface area (Å²) in [6.07, 6.45) is 3.10. The lowest BCUT2D eigenvalue weighted by Gasteiger charge is -2.34. The quantitative estimate of drug-likeness (QED) is 0.892. The number of nitrogens with one attached hydrogen (secondary N) is 1. The Hall–Kier alpha value is -2.06. The van der Waals surface area contributed by atoms with E-state index in [-0.39, 0.29) is 11.9 Å². The molecule has 1 fully saturated rings. The second-order valence-corrected chi connectivity index (χ2v) is 5.12. The number of benzene rings is 1. The number of likely N-dealkylation sites (tertiary alicyclic amines) is 1. The molecule has 0 bridgehead atoms. The SMILES string of the molecule is CNC(=O)C1CCCCN1CCOc1ccccc1C#N. The number of hydrogen-bond acceptors (Lipinski definition) is 4. The molecule has 0 aliphatic carbocycles. The number of amides is 1. The minimum atomic E-state index is -0.0569. The lowest BCUT2D eigenvalue weighted by atomic mass is 10.0. The molecule has 1 unspecified atom stereocenters. The van der Waals surface area contributed by atoms with Crippen LogP contribution in [0.5, 0.6) is 5.75 Å². The molecule has 1 atom stereocenters. The highest BCUT2D eigenvalue weighted by Gasteiger charge is 2.27. The van der Waals surface area contributed by atoms with E-state index < -0.39 is 0 Å². The lowest BCUT2D eigenvalue weighted by molar-refractivity contribution is -0.127. The van der Waals surface area contributed by atoms with Crippen molar-refractivity contribution in [1.82, 2.24) is 10.2 Å². The third-order valence-corrected chi connectivity index (χ3v) is 3.81. The fourth-order valence-electron chi connectivity index (χ4n) is 2.68. The Morgan fingerprint density at radius 2 is 2.29 bits per heavy atom. The van der Waals surface area contributed by atoms with E-state index in [1.807, 2.05) is 12.1 Å². The van der Waals surface area contributed by atoms with Gasteiger partial charge < -0.3 is 10.1 Å². The number of rotatable bonds is 5. The van der Waals surface area contributed by atoms with E-state index in [1.165, 1.54) is 0 Å². The van der Waals surface area contributed by atoms with Gasteiger partial charge in [-0.2, -0.15) is 5.26 Å². The van der Waals surface area contributed by atoms with Gasteiger partial charge >= 0.3 is 0 Å². The Kier molecular flexibility index (Phi) is 5.59. The number of nitrogens with zero attached hydrogens (tertiary/aromatic N) is 2. The van der Waals surface area contributed by atoms with E-state index in [9.17, 15) is 4.79 Å². The van der Waals surface area contributed by atoms with Crippen molar-refractivity contribution in [2.45, 2.75) is 25.3 Å². The Morgan fingerprint density at radius 3 is 3.05 bits per heavy atom. The highest BCUT2D eigenvalue weighted by atomic mass is 16.5. The van der Waals surface area contributed by atoms with Gasteiger partial charge in [-0.05, 0) is 31.5 Å². The number of hydrogen-bond donors (Lipinski definition) is 1. The highest BCUT2D eigenvalue weighted by molar-refractivity contribution is 5.81. The summed E-state index contributed by atoms with van der Waals surface area (Å²) in [5, 5.41) is 11.7. The summed E-state index contributed by atoms with van der Waals surface area (Å²) in [5.74, 6) is 0.681. The average Bonchev–Trinajstić information content (AvgIpc) is 2.55. The highest BCUT2D eigenvalue weighted by Crippen LogP contribution is 2.19. The van der Waals surface area contributed by atoms with E-state index in [0.717, 1.165) is 25.8 Å². The van der Waals surface area contributed by atoms with E-state index in [0.29, 0.717) is 24.5 Å². The Bertz CT molecular complexity index is 524. The number of likely N-dealkylation sites (N-methyl/N-ethyl adjacent to an activating group) is 1. The first-order chi connectivity index (χ1) is 10.3. The van der Waals surface area contributed by atoms with E-state index in [1.54, 1.807) is 19.2 Å². The number of nitriles is 1. The Labute approximate surface area is 125 Å². The number of para-hydroxylation sites is 1. The molecule has 1 N–H and O–H groups in total. The Balaban J connectivity index is 1.89. The van der Waals surface area contributed by atoms with Crippen molar-refractivity contribution in [1.29, 1.82) is 5.26 Å². The third-order valence-electron chi connectivity index (χ3n) is 3.81. The molecule has 1 aliphatic heterocycles. The Morgan fingerprint density at radius 1 is 1.48 bits per heavy atom. The first-order valence-electron chi connectivity index (χ1n) is 7.34. The van der Waals surface area contributed by atoms with Crippen molar-refractivity contribution in [2.75, 3.05) is 26.7 Å². The van der Waals surface area contributed by atoms with Crippen LogP contribution in [0.4, 0.5) is 0 Å². The van der Waals surface area contributed by atoms with Gasteiger partial charge in [0.05, 0.1) is 11.6 Å². The van der Waals surface area contributed by atoms with Gasteiger partial charge in [0.1, 0.15) is 18.4 Å². The van der Waals surface area contributed by atoms with E-state index in [2.05, 4.69) is 16.3 Å². The summed E-state index contributed by atoms with van der Waals surface area (Å²) in [6.45, 7) is 2.09. The molecule has 2 rings (SSSR count). The maximum absolute atomic E-state index is 11.9. The first kappa shape index (κ1) is 15.3. The molecule has 1 aliphatic rings. The van der Waals surface area contributed by atoms with Crippen molar-refractivity contribution in [3.63, 3.8) is 0 Å². The molecular formula is C16H21N3O2. The zero-order chi connectivity index (χ0) is 15.1. The van der Waals surface area contributed by atoms with Crippen LogP contribution in [0.2, 0.25) is 0 Å². The summed E-state index contributed by atoms with van der Waals surface area (Å²) in [7, 11) is 1.68. The van der Waals surface area contributed by atoms with Gasteiger partial charge in [0.2, 0.25) is 5.91 Å². The number of piperidine rings is 1. The molecular weight excluding hydrogens is 266 g/mol. The lowest BCUT2D eigenvalue weighted by Crippen LogP contribution is -2.49. The van der Waals surface area contributed by atoms with Crippen LogP contribution in [0.1, 0.15) is 24.8 Å². The number of carbonyl (C=O) groups is 1. The topological polar surface area (TPSA) is 65.4 Å². The van der Waals surface area contributed by atoms with Crippen LogP contribution in [0.25, 0.3) is 0 Å². The summed E-state index contributed by atoms with van der Waals surface area (Å²) in [5.41, 5.74) is 0.541. The average molecular weight is 287 g/mol. The van der Waals surface area contributed by atoms with Gasteiger partial charge in [0.15, 0.2) is 0 Å². The molecule has 1 aromatic carbocycles. The summed E-state index contributed by atoms with van der Waals surface area (Å²) in [6, 6.07) is 9.27. The summed E-state index contributed by atoms with van der Waals surface area (Å²) in [4.78, 5) is 14.0. The molecule has 1 saturated heterocycles. The van der Waals surface area contributed by atoms with Gasteiger partial charge in [-0.1, -0.05) is 18.6 Å². The van der Waals surface area contributed by atoms with Crippen LogP contribution in [0.3, 0.4) is 0 Å². The molecule has 112 valence electrons. The van der Waals surface area contributed by atoms with Gasteiger partial charge in [-0.3, -0.25) is 9.69 Å². The van der Waals surface area contributed by atoms with Crippen molar-refractivity contribution in [3.05, 3.63) is 29.8 Å². The molecule has 5 heteroatoms. The largest absolute Gasteiger partial charge is 0.491 e. The zero-order valence-electron chi connectivity index (χ0n) is 12.3. The van der Waals surface area contributed by atoms with Gasteiger partial charge in [-0.15, -0.1) is 0 Å². The first-order valence-corrected chi connectivity index (χ1v) is 7.34. The standard InChI is InChI=1S/C16H21N3O2/c1-18-16(20)14-7-4-5-9-19(14)10-11-21-15-8-3-2-6-13(15)12-17/h2-3,6,8,14H,4-5,7,9-11H2,1H3,(H,18,20). The summed E-state index contributed by atoms with van der Waals surface area (Å²) >= 11 is 0. The molecule has 0 aromatic heterocycles. The second kappa shape index (κ2) is 7.65. The maximum Gasteiger partial charge on any atom is 0.237 e. The van der Waals surface area contributed by atoms with Crippen molar-refractivity contribution >= 4 is 5.91 Å². The van der Waals surface area contributed by atoms with Crippen LogP contribution < -0.4 is 10.1 Å². The van der Waals surface area contributed by atoms with Crippen LogP contribution in [-0.2, 0) is 4.79 Å². The van der Waals surface area contributed by atoms with Gasteiger partial charge in [0, 0.05) is 13.6 Å².